The van der Waals surface area contributed by atoms with E-state index in [2.05, 4.69) is 10.3 Å². The fourth-order valence-electron chi connectivity index (χ4n) is 1.22. The van der Waals surface area contributed by atoms with Gasteiger partial charge in [0.25, 0.3) is 0 Å². The molecule has 1 rings (SSSR count). The fraction of sp³-hybridized carbons (Fsp3) is 0.455. The molecule has 0 fully saturated rings. The van der Waals surface area contributed by atoms with Crippen LogP contribution in [0, 0.1) is 6.92 Å². The van der Waals surface area contributed by atoms with Crippen LogP contribution in [0.3, 0.4) is 0 Å². The van der Waals surface area contributed by atoms with E-state index in [4.69, 9.17) is 16.7 Å². The maximum Gasteiger partial charge on any atom is 0.224 e. The molecule has 1 aromatic rings. The molecule has 5 heteroatoms. The van der Waals surface area contributed by atoms with Crippen molar-refractivity contribution < 1.29 is 9.90 Å². The molecule has 4 nitrogen and oxygen atoms in total. The van der Waals surface area contributed by atoms with Crippen molar-refractivity contribution in [3.63, 3.8) is 0 Å². The van der Waals surface area contributed by atoms with E-state index in [1.54, 1.807) is 19.2 Å². The third kappa shape index (κ3) is 3.79. The van der Waals surface area contributed by atoms with E-state index >= 15 is 0 Å². The second-order valence-electron chi connectivity index (χ2n) is 3.73. The lowest BCUT2D eigenvalue weighted by Crippen LogP contribution is -2.15. The predicted octanol–water partition coefficient (Wildman–Crippen LogP) is 2.14. The predicted molar refractivity (Wildman–Crippen MR) is 63.5 cm³/mol. The zero-order valence-electron chi connectivity index (χ0n) is 9.33. The number of carbonyl (C=O) groups is 1. The minimum Gasteiger partial charge on any atom is -0.393 e. The van der Waals surface area contributed by atoms with Crippen LogP contribution in [0.15, 0.2) is 12.3 Å². The summed E-state index contributed by atoms with van der Waals surface area (Å²) < 4.78 is 0. The number of hydrogen-bond acceptors (Lipinski definition) is 3. The summed E-state index contributed by atoms with van der Waals surface area (Å²) in [5.41, 5.74) is 1.41. The molecule has 0 bridgehead atoms. The second-order valence-corrected chi connectivity index (χ2v) is 4.09. The van der Waals surface area contributed by atoms with Crippen molar-refractivity contribution in [2.24, 2.45) is 0 Å². The Bertz CT molecular complexity index is 360. The van der Waals surface area contributed by atoms with Crippen LogP contribution in [0.5, 0.6) is 0 Å². The maximum atomic E-state index is 11.5. The Morgan fingerprint density at radius 2 is 2.38 bits per heavy atom. The van der Waals surface area contributed by atoms with Crippen LogP contribution < -0.4 is 5.32 Å². The van der Waals surface area contributed by atoms with Crippen molar-refractivity contribution in [1.82, 2.24) is 4.98 Å². The largest absolute Gasteiger partial charge is 0.393 e. The van der Waals surface area contributed by atoms with E-state index in [0.29, 0.717) is 12.1 Å². The van der Waals surface area contributed by atoms with Gasteiger partial charge in [-0.05, 0) is 31.9 Å². The number of aryl methyl sites for hydroxylation is 1. The number of carbonyl (C=O) groups excluding carboxylic acids is 1. The summed E-state index contributed by atoms with van der Waals surface area (Å²) in [6, 6.07) is 1.77. The van der Waals surface area contributed by atoms with Crippen molar-refractivity contribution in [2.75, 3.05) is 5.32 Å². The average Bonchev–Trinajstić information content (AvgIpc) is 2.21. The molecule has 0 saturated heterocycles. The van der Waals surface area contributed by atoms with Gasteiger partial charge >= 0.3 is 0 Å². The van der Waals surface area contributed by atoms with E-state index in [1.165, 1.54) is 0 Å². The molecule has 1 amide bonds. The molecule has 16 heavy (non-hydrogen) atoms. The van der Waals surface area contributed by atoms with Crippen LogP contribution in [0.2, 0.25) is 5.15 Å². The Labute approximate surface area is 99.6 Å². The van der Waals surface area contributed by atoms with Gasteiger partial charge in [0.2, 0.25) is 5.91 Å². The van der Waals surface area contributed by atoms with Gasteiger partial charge in [-0.1, -0.05) is 11.6 Å². The van der Waals surface area contributed by atoms with E-state index in [0.717, 1.165) is 5.56 Å². The molecule has 2 N–H and O–H groups in total. The van der Waals surface area contributed by atoms with Crippen LogP contribution in [0.25, 0.3) is 0 Å². The summed E-state index contributed by atoms with van der Waals surface area (Å²) in [7, 11) is 0. The van der Waals surface area contributed by atoms with Crippen LogP contribution in [0.4, 0.5) is 5.69 Å². The number of anilines is 1. The third-order valence-corrected chi connectivity index (χ3v) is 2.45. The van der Waals surface area contributed by atoms with E-state index in [-0.39, 0.29) is 17.5 Å². The fourth-order valence-corrected chi connectivity index (χ4v) is 1.47. The monoisotopic (exact) mass is 242 g/mol. The molecule has 0 aliphatic rings. The lowest BCUT2D eigenvalue weighted by Gasteiger charge is -2.09. The van der Waals surface area contributed by atoms with Gasteiger partial charge in [-0.25, -0.2) is 4.98 Å². The smallest absolute Gasteiger partial charge is 0.224 e. The first kappa shape index (κ1) is 12.9. The number of amides is 1. The average molecular weight is 243 g/mol. The molecule has 0 aliphatic carbocycles. The standard InChI is InChI=1S/C11H15ClN2O2/c1-7-5-6-13-11(12)10(7)14-9(16)4-3-8(2)15/h5-6,8,15H,3-4H2,1-2H3,(H,14,16). The van der Waals surface area contributed by atoms with Crippen LogP contribution in [-0.4, -0.2) is 22.1 Å². The van der Waals surface area contributed by atoms with Crippen molar-refractivity contribution >= 4 is 23.2 Å². The van der Waals surface area contributed by atoms with Gasteiger partial charge in [0.15, 0.2) is 5.15 Å². The number of pyridine rings is 1. The molecule has 88 valence electrons. The van der Waals surface area contributed by atoms with E-state index in [9.17, 15) is 4.79 Å². The number of rotatable bonds is 4. The topological polar surface area (TPSA) is 62.2 Å². The summed E-state index contributed by atoms with van der Waals surface area (Å²) in [6.45, 7) is 3.49. The number of hydrogen-bond donors (Lipinski definition) is 2. The van der Waals surface area contributed by atoms with Crippen LogP contribution in [-0.2, 0) is 4.79 Å². The highest BCUT2D eigenvalue weighted by Crippen LogP contribution is 2.22. The highest BCUT2D eigenvalue weighted by atomic mass is 35.5. The minimum absolute atomic E-state index is 0.168. The first-order valence-corrected chi connectivity index (χ1v) is 5.47. The molecule has 1 aromatic heterocycles. The maximum absolute atomic E-state index is 11.5. The quantitative estimate of drug-likeness (QED) is 0.796. The molecule has 1 heterocycles. The molecule has 1 unspecified atom stereocenters. The van der Waals surface area contributed by atoms with Crippen LogP contribution in [0.1, 0.15) is 25.3 Å². The minimum atomic E-state index is -0.476. The van der Waals surface area contributed by atoms with Crippen LogP contribution >= 0.6 is 11.6 Å². The zero-order chi connectivity index (χ0) is 12.1. The van der Waals surface area contributed by atoms with Crippen molar-refractivity contribution in [2.45, 2.75) is 32.8 Å². The van der Waals surface area contributed by atoms with Gasteiger partial charge in [-0.15, -0.1) is 0 Å². The summed E-state index contributed by atoms with van der Waals surface area (Å²) >= 11 is 5.86. The van der Waals surface area contributed by atoms with E-state index in [1.807, 2.05) is 6.92 Å². The number of halogens is 1. The summed E-state index contributed by atoms with van der Waals surface area (Å²) in [6.07, 6.45) is 1.81. The van der Waals surface area contributed by atoms with Gasteiger partial charge in [-0.3, -0.25) is 4.79 Å². The lowest BCUT2D eigenvalue weighted by molar-refractivity contribution is -0.116. The summed E-state index contributed by atoms with van der Waals surface area (Å²) in [4.78, 5) is 15.4. The normalized spacial score (nSPS) is 12.2. The summed E-state index contributed by atoms with van der Waals surface area (Å²) in [5.74, 6) is -0.168. The number of aromatic nitrogens is 1. The Balaban J connectivity index is 2.63. The Hall–Kier alpha value is -1.13. The van der Waals surface area contributed by atoms with Gasteiger partial charge in [0.1, 0.15) is 0 Å². The van der Waals surface area contributed by atoms with Gasteiger partial charge < -0.3 is 10.4 Å². The Morgan fingerprint density at radius 1 is 1.69 bits per heavy atom. The molecule has 0 spiro atoms. The van der Waals surface area contributed by atoms with E-state index < -0.39 is 6.10 Å². The van der Waals surface area contributed by atoms with Crippen molar-refractivity contribution in [3.05, 3.63) is 23.0 Å². The number of nitrogens with zero attached hydrogens (tertiary/aromatic N) is 1. The first-order chi connectivity index (χ1) is 7.50. The number of aliphatic hydroxyl groups excluding tert-OH is 1. The highest BCUT2D eigenvalue weighted by Gasteiger charge is 2.09. The first-order valence-electron chi connectivity index (χ1n) is 5.09. The molecular formula is C11H15ClN2O2. The van der Waals surface area contributed by atoms with Crippen molar-refractivity contribution in [3.8, 4) is 0 Å². The van der Waals surface area contributed by atoms with Gasteiger partial charge in [-0.2, -0.15) is 0 Å². The zero-order valence-corrected chi connectivity index (χ0v) is 10.1. The second kappa shape index (κ2) is 5.82. The molecule has 1 atom stereocenters. The lowest BCUT2D eigenvalue weighted by atomic mass is 10.2. The number of aliphatic hydroxyl groups is 1. The highest BCUT2D eigenvalue weighted by molar-refractivity contribution is 6.32. The molecule has 0 aromatic carbocycles. The van der Waals surface area contributed by atoms with Gasteiger partial charge in [0, 0.05) is 12.6 Å². The van der Waals surface area contributed by atoms with Crippen molar-refractivity contribution in [1.29, 1.82) is 0 Å². The summed E-state index contributed by atoms with van der Waals surface area (Å²) in [5, 5.41) is 12.0. The molecular weight excluding hydrogens is 228 g/mol. The third-order valence-electron chi connectivity index (χ3n) is 2.17. The Morgan fingerprint density at radius 3 is 2.94 bits per heavy atom. The molecule has 0 aliphatic heterocycles. The molecule has 0 saturated carbocycles. The molecule has 0 radical (unpaired) electrons. The SMILES string of the molecule is Cc1ccnc(Cl)c1NC(=O)CCC(C)O. The Kier molecular flexibility index (Phi) is 4.71. The van der Waals surface area contributed by atoms with Gasteiger partial charge in [0.05, 0.1) is 11.8 Å². The number of nitrogens with one attached hydrogen (secondary N) is 1.